The zero-order chi connectivity index (χ0) is 11.2. The molecule has 2 saturated heterocycles. The third-order valence-electron chi connectivity index (χ3n) is 4.47. The summed E-state index contributed by atoms with van der Waals surface area (Å²) in [5.74, 6) is 0. The molecule has 0 spiro atoms. The van der Waals surface area contributed by atoms with E-state index in [1.807, 2.05) is 0 Å². The van der Waals surface area contributed by atoms with Gasteiger partial charge in [0.1, 0.15) is 5.41 Å². The maximum atomic E-state index is 10.7. The fourth-order valence-corrected chi connectivity index (χ4v) is 3.09. The summed E-state index contributed by atoms with van der Waals surface area (Å²) in [7, 11) is 0. The van der Waals surface area contributed by atoms with Gasteiger partial charge in [0.05, 0.1) is 18.3 Å². The van der Waals surface area contributed by atoms with E-state index in [0.717, 1.165) is 13.0 Å². The van der Waals surface area contributed by atoms with Crippen molar-refractivity contribution in [3.8, 4) is 6.07 Å². The summed E-state index contributed by atoms with van der Waals surface area (Å²) >= 11 is 0. The second-order valence-corrected chi connectivity index (χ2v) is 5.48. The second-order valence-electron chi connectivity index (χ2n) is 5.48. The molecule has 0 amide bonds. The summed E-state index contributed by atoms with van der Waals surface area (Å²) in [6.45, 7) is 2.61. The monoisotopic (exact) mass is 222 g/mol. The van der Waals surface area contributed by atoms with Crippen LogP contribution in [-0.4, -0.2) is 48.0 Å². The molecule has 3 aliphatic rings. The summed E-state index contributed by atoms with van der Waals surface area (Å²) < 4.78 is 5.34. The van der Waals surface area contributed by atoms with Crippen molar-refractivity contribution in [1.29, 1.82) is 5.26 Å². The molecule has 0 aromatic carbocycles. The first kappa shape index (κ1) is 10.5. The van der Waals surface area contributed by atoms with Crippen LogP contribution in [0.2, 0.25) is 0 Å². The van der Waals surface area contributed by atoms with E-state index in [9.17, 15) is 10.4 Å². The second kappa shape index (κ2) is 3.43. The Hall–Kier alpha value is -0.630. The lowest BCUT2D eigenvalue weighted by Crippen LogP contribution is -2.50. The van der Waals surface area contributed by atoms with E-state index in [1.54, 1.807) is 0 Å². The van der Waals surface area contributed by atoms with Gasteiger partial charge in [-0.1, -0.05) is 0 Å². The molecule has 4 heteroatoms. The molecule has 4 nitrogen and oxygen atoms in total. The van der Waals surface area contributed by atoms with Crippen LogP contribution >= 0.6 is 0 Å². The highest BCUT2D eigenvalue weighted by atomic mass is 16.5. The average Bonchev–Trinajstić information content (AvgIpc) is 2.88. The van der Waals surface area contributed by atoms with E-state index in [1.165, 1.54) is 12.8 Å². The zero-order valence-corrected chi connectivity index (χ0v) is 9.48. The number of ether oxygens (including phenoxy) is 1. The molecule has 16 heavy (non-hydrogen) atoms. The molecule has 3 rings (SSSR count). The summed E-state index contributed by atoms with van der Waals surface area (Å²) in [5.41, 5.74) is -1.50. The first-order valence-electron chi connectivity index (χ1n) is 6.15. The third-order valence-corrected chi connectivity index (χ3v) is 4.47. The Labute approximate surface area is 95.8 Å². The van der Waals surface area contributed by atoms with E-state index < -0.39 is 11.0 Å². The normalized spacial score (nSPS) is 44.8. The number of hydrogen-bond donors (Lipinski definition) is 1. The number of nitriles is 1. The van der Waals surface area contributed by atoms with Crippen LogP contribution in [0, 0.1) is 16.7 Å². The highest BCUT2D eigenvalue weighted by Gasteiger charge is 2.57. The first-order chi connectivity index (χ1) is 7.69. The molecule has 2 unspecified atom stereocenters. The summed E-state index contributed by atoms with van der Waals surface area (Å²) in [5, 5.41) is 20.1. The SMILES string of the molecule is N#CC1(C2(O)CCN(C3CC3)C2)CCOC1. The molecular formula is C12H18N2O2. The maximum Gasteiger partial charge on any atom is 0.113 e. The van der Waals surface area contributed by atoms with Crippen molar-refractivity contribution >= 4 is 0 Å². The van der Waals surface area contributed by atoms with Crippen molar-refractivity contribution in [2.24, 2.45) is 5.41 Å². The number of hydrogen-bond acceptors (Lipinski definition) is 4. The fourth-order valence-electron chi connectivity index (χ4n) is 3.09. The van der Waals surface area contributed by atoms with Crippen LogP contribution in [0.3, 0.4) is 0 Å². The standard InChI is InChI=1S/C12H18N2O2/c13-7-11(4-6-16-9-11)12(15)3-5-14(8-12)10-1-2-10/h10,15H,1-6,8-9H2. The van der Waals surface area contributed by atoms with Crippen LogP contribution in [0.4, 0.5) is 0 Å². The molecule has 3 fully saturated rings. The van der Waals surface area contributed by atoms with Crippen LogP contribution in [0.25, 0.3) is 0 Å². The molecule has 0 radical (unpaired) electrons. The van der Waals surface area contributed by atoms with Crippen LogP contribution in [0.1, 0.15) is 25.7 Å². The van der Waals surface area contributed by atoms with Gasteiger partial charge >= 0.3 is 0 Å². The van der Waals surface area contributed by atoms with Crippen molar-refractivity contribution in [3.05, 3.63) is 0 Å². The minimum atomic E-state index is -0.846. The van der Waals surface area contributed by atoms with Gasteiger partial charge in [0.25, 0.3) is 0 Å². The van der Waals surface area contributed by atoms with Crippen molar-refractivity contribution in [2.75, 3.05) is 26.3 Å². The minimum Gasteiger partial charge on any atom is -0.387 e. The Bertz CT molecular complexity index is 328. The maximum absolute atomic E-state index is 10.7. The number of nitrogens with zero attached hydrogens (tertiary/aromatic N) is 2. The van der Waals surface area contributed by atoms with Gasteiger partial charge in [-0.15, -0.1) is 0 Å². The predicted molar refractivity (Wildman–Crippen MR) is 57.6 cm³/mol. The van der Waals surface area contributed by atoms with Gasteiger partial charge in [-0.25, -0.2) is 0 Å². The van der Waals surface area contributed by atoms with Gasteiger partial charge in [0.2, 0.25) is 0 Å². The van der Waals surface area contributed by atoms with E-state index in [4.69, 9.17) is 4.74 Å². The third kappa shape index (κ3) is 1.39. The molecule has 2 aliphatic heterocycles. The van der Waals surface area contributed by atoms with Gasteiger partial charge in [0, 0.05) is 25.7 Å². The lowest BCUT2D eigenvalue weighted by molar-refractivity contribution is -0.0490. The van der Waals surface area contributed by atoms with Crippen molar-refractivity contribution in [2.45, 2.75) is 37.3 Å². The highest BCUT2D eigenvalue weighted by molar-refractivity contribution is 5.17. The highest BCUT2D eigenvalue weighted by Crippen LogP contribution is 2.46. The quantitative estimate of drug-likeness (QED) is 0.740. The number of rotatable bonds is 2. The predicted octanol–water partition coefficient (Wildman–Crippen LogP) is 0.516. The van der Waals surface area contributed by atoms with Gasteiger partial charge in [0.15, 0.2) is 0 Å². The lowest BCUT2D eigenvalue weighted by Gasteiger charge is -2.36. The summed E-state index contributed by atoms with van der Waals surface area (Å²) in [6, 6.07) is 3.01. The Kier molecular flexibility index (Phi) is 2.25. The van der Waals surface area contributed by atoms with Gasteiger partial charge in [-0.3, -0.25) is 4.90 Å². The Morgan fingerprint density at radius 3 is 2.75 bits per heavy atom. The molecule has 1 N–H and O–H groups in total. The molecule has 2 heterocycles. The molecule has 0 aromatic heterocycles. The van der Waals surface area contributed by atoms with E-state index >= 15 is 0 Å². The van der Waals surface area contributed by atoms with Gasteiger partial charge in [-0.05, 0) is 25.7 Å². The number of likely N-dealkylation sites (tertiary alicyclic amines) is 1. The topological polar surface area (TPSA) is 56.5 Å². The smallest absolute Gasteiger partial charge is 0.113 e. The minimum absolute atomic E-state index is 0.401. The number of β-amino-alcohol motifs (C(OH)–C–C–N with tert-alkyl or cyclic N) is 1. The van der Waals surface area contributed by atoms with Crippen molar-refractivity contribution in [3.63, 3.8) is 0 Å². The number of aliphatic hydroxyl groups is 1. The van der Waals surface area contributed by atoms with Crippen LogP contribution in [-0.2, 0) is 4.74 Å². The van der Waals surface area contributed by atoms with Crippen LogP contribution < -0.4 is 0 Å². The molecule has 0 aromatic rings. The first-order valence-corrected chi connectivity index (χ1v) is 6.15. The molecule has 88 valence electrons. The largest absolute Gasteiger partial charge is 0.387 e. The Morgan fingerprint density at radius 1 is 1.38 bits per heavy atom. The van der Waals surface area contributed by atoms with E-state index in [-0.39, 0.29) is 0 Å². The van der Waals surface area contributed by atoms with E-state index in [0.29, 0.717) is 32.2 Å². The van der Waals surface area contributed by atoms with Gasteiger partial charge < -0.3 is 9.84 Å². The lowest BCUT2D eigenvalue weighted by atomic mass is 9.71. The van der Waals surface area contributed by atoms with Gasteiger partial charge in [-0.2, -0.15) is 5.26 Å². The van der Waals surface area contributed by atoms with Crippen LogP contribution in [0.15, 0.2) is 0 Å². The molecule has 0 bridgehead atoms. The van der Waals surface area contributed by atoms with Crippen molar-refractivity contribution < 1.29 is 9.84 Å². The van der Waals surface area contributed by atoms with Crippen LogP contribution in [0.5, 0.6) is 0 Å². The molecule has 1 aliphatic carbocycles. The zero-order valence-electron chi connectivity index (χ0n) is 9.48. The molecule has 1 saturated carbocycles. The Morgan fingerprint density at radius 2 is 2.19 bits per heavy atom. The van der Waals surface area contributed by atoms with Crippen molar-refractivity contribution in [1.82, 2.24) is 4.90 Å². The average molecular weight is 222 g/mol. The van der Waals surface area contributed by atoms with E-state index in [2.05, 4.69) is 11.0 Å². The fraction of sp³-hybridized carbons (Fsp3) is 0.917. The molecule has 2 atom stereocenters. The molecular weight excluding hydrogens is 204 g/mol. The summed E-state index contributed by atoms with van der Waals surface area (Å²) in [4.78, 5) is 2.34. The Balaban J connectivity index is 1.79. The summed E-state index contributed by atoms with van der Waals surface area (Å²) in [6.07, 6.45) is 3.91.